The summed E-state index contributed by atoms with van der Waals surface area (Å²) >= 11 is 14.6. The van der Waals surface area contributed by atoms with E-state index < -0.39 is 11.7 Å². The van der Waals surface area contributed by atoms with E-state index in [1.54, 1.807) is 24.3 Å². The summed E-state index contributed by atoms with van der Waals surface area (Å²) in [6.07, 6.45) is -4.41. The zero-order valence-electron chi connectivity index (χ0n) is 10.4. The summed E-state index contributed by atoms with van der Waals surface area (Å²) in [6.45, 7) is 0.319. The number of hydrogen-bond donors (Lipinski definition) is 1. The number of rotatable bonds is 3. The van der Waals surface area contributed by atoms with Crippen LogP contribution in [-0.4, -0.2) is 0 Å². The maximum absolute atomic E-state index is 12.8. The maximum Gasteiger partial charge on any atom is 0.417 e. The average Bonchev–Trinajstić information content (AvgIpc) is 2.35. The monoisotopic (exact) mass is 397 g/mol. The van der Waals surface area contributed by atoms with Crippen molar-refractivity contribution >= 4 is 44.8 Å². The molecule has 0 heterocycles. The van der Waals surface area contributed by atoms with Gasteiger partial charge in [-0.25, -0.2) is 0 Å². The smallest absolute Gasteiger partial charge is 0.381 e. The van der Waals surface area contributed by atoms with Crippen molar-refractivity contribution in [3.05, 3.63) is 62.0 Å². The Hall–Kier alpha value is -0.910. The summed E-state index contributed by atoms with van der Waals surface area (Å²) in [6, 6.07) is 8.96. The molecule has 0 aliphatic rings. The lowest BCUT2D eigenvalue weighted by Crippen LogP contribution is -2.07. The van der Waals surface area contributed by atoms with Crippen molar-refractivity contribution in [1.82, 2.24) is 0 Å². The number of halogens is 6. The minimum absolute atomic E-state index is 0.00588. The molecular formula is C14H9BrCl2F3N. The van der Waals surface area contributed by atoms with E-state index in [9.17, 15) is 13.2 Å². The van der Waals surface area contributed by atoms with Gasteiger partial charge in [-0.1, -0.05) is 39.1 Å². The highest BCUT2D eigenvalue weighted by Crippen LogP contribution is 2.36. The molecule has 1 N–H and O–H groups in total. The molecule has 21 heavy (non-hydrogen) atoms. The van der Waals surface area contributed by atoms with Gasteiger partial charge in [0.15, 0.2) is 0 Å². The Bertz CT molecular complexity index is 639. The van der Waals surface area contributed by atoms with E-state index in [1.807, 2.05) is 0 Å². The van der Waals surface area contributed by atoms with E-state index in [0.717, 1.165) is 11.6 Å². The summed E-state index contributed by atoms with van der Waals surface area (Å²) in [7, 11) is 0. The van der Waals surface area contributed by atoms with Crippen LogP contribution < -0.4 is 5.32 Å². The molecule has 0 atom stereocenters. The van der Waals surface area contributed by atoms with E-state index in [0.29, 0.717) is 22.3 Å². The Labute approximate surface area is 138 Å². The van der Waals surface area contributed by atoms with Crippen LogP contribution >= 0.6 is 39.1 Å². The number of hydrogen-bond acceptors (Lipinski definition) is 1. The molecule has 2 rings (SSSR count). The topological polar surface area (TPSA) is 12.0 Å². The van der Waals surface area contributed by atoms with Crippen LogP contribution in [0.2, 0.25) is 10.0 Å². The van der Waals surface area contributed by atoms with Gasteiger partial charge in [0.25, 0.3) is 0 Å². The molecule has 7 heteroatoms. The fraction of sp³-hybridized carbons (Fsp3) is 0.143. The molecule has 1 nitrogen and oxygen atoms in total. The van der Waals surface area contributed by atoms with Crippen molar-refractivity contribution < 1.29 is 13.2 Å². The lowest BCUT2D eigenvalue weighted by molar-refractivity contribution is -0.138. The van der Waals surface area contributed by atoms with Gasteiger partial charge in [0, 0.05) is 26.8 Å². The lowest BCUT2D eigenvalue weighted by atomic mass is 10.1. The van der Waals surface area contributed by atoms with E-state index in [2.05, 4.69) is 21.2 Å². The predicted molar refractivity (Wildman–Crippen MR) is 82.9 cm³/mol. The molecule has 0 spiro atoms. The zero-order valence-corrected chi connectivity index (χ0v) is 13.5. The molecule has 0 aliphatic heterocycles. The Morgan fingerprint density at radius 1 is 1.00 bits per heavy atom. The van der Waals surface area contributed by atoms with Gasteiger partial charge in [-0.15, -0.1) is 0 Å². The van der Waals surface area contributed by atoms with Gasteiger partial charge in [-0.05, 0) is 42.0 Å². The fourth-order valence-electron chi connectivity index (χ4n) is 1.77. The van der Waals surface area contributed by atoms with E-state index >= 15 is 0 Å². The van der Waals surface area contributed by atoms with Gasteiger partial charge in [-0.2, -0.15) is 13.2 Å². The highest BCUT2D eigenvalue weighted by atomic mass is 79.9. The van der Waals surface area contributed by atoms with Crippen molar-refractivity contribution in [2.75, 3.05) is 5.32 Å². The first-order valence-corrected chi connectivity index (χ1v) is 7.36. The van der Waals surface area contributed by atoms with E-state index in [4.69, 9.17) is 23.2 Å². The molecular weight excluding hydrogens is 390 g/mol. The van der Waals surface area contributed by atoms with Crippen molar-refractivity contribution in [3.63, 3.8) is 0 Å². The van der Waals surface area contributed by atoms with Crippen molar-refractivity contribution in [1.29, 1.82) is 0 Å². The van der Waals surface area contributed by atoms with Gasteiger partial charge in [0.05, 0.1) is 5.56 Å². The molecule has 2 aromatic rings. The number of nitrogens with one attached hydrogen (secondary N) is 1. The van der Waals surface area contributed by atoms with Gasteiger partial charge >= 0.3 is 6.18 Å². The molecule has 0 unspecified atom stereocenters. The van der Waals surface area contributed by atoms with E-state index in [-0.39, 0.29) is 4.47 Å². The van der Waals surface area contributed by atoms with Crippen molar-refractivity contribution in [2.45, 2.75) is 12.7 Å². The van der Waals surface area contributed by atoms with Crippen LogP contribution in [0.4, 0.5) is 18.9 Å². The summed E-state index contributed by atoms with van der Waals surface area (Å²) in [5.41, 5.74) is 0.419. The van der Waals surface area contributed by atoms with Crippen LogP contribution in [0.3, 0.4) is 0 Å². The third-order valence-corrected chi connectivity index (χ3v) is 3.82. The molecule has 112 valence electrons. The average molecular weight is 399 g/mol. The maximum atomic E-state index is 12.8. The molecule has 0 aromatic heterocycles. The first kappa shape index (κ1) is 16.5. The highest BCUT2D eigenvalue weighted by Gasteiger charge is 2.33. The van der Waals surface area contributed by atoms with Crippen LogP contribution in [0.5, 0.6) is 0 Å². The number of alkyl halides is 3. The van der Waals surface area contributed by atoms with E-state index in [1.165, 1.54) is 6.07 Å². The summed E-state index contributed by atoms with van der Waals surface area (Å²) in [5, 5.41) is 3.87. The van der Waals surface area contributed by atoms with Gasteiger partial charge in [0.1, 0.15) is 0 Å². The van der Waals surface area contributed by atoms with Crippen LogP contribution in [0.25, 0.3) is 0 Å². The van der Waals surface area contributed by atoms with Crippen LogP contribution in [-0.2, 0) is 12.7 Å². The van der Waals surface area contributed by atoms with Crippen LogP contribution in [0, 0.1) is 0 Å². The Morgan fingerprint density at radius 3 is 2.19 bits per heavy atom. The zero-order chi connectivity index (χ0) is 15.6. The normalized spacial score (nSPS) is 11.5. The second-order valence-electron chi connectivity index (χ2n) is 4.32. The standard InChI is InChI=1S/C14H9BrCl2F3N/c15-13-2-1-11(6-12(13)14(18,19)20)21-7-8-3-9(16)5-10(17)4-8/h1-6,21H,7H2. The van der Waals surface area contributed by atoms with Crippen LogP contribution in [0.1, 0.15) is 11.1 Å². The quantitative estimate of drug-likeness (QED) is 0.631. The summed E-state index contributed by atoms with van der Waals surface area (Å²) in [5.74, 6) is 0. The number of benzene rings is 2. The SMILES string of the molecule is FC(F)(F)c1cc(NCc2cc(Cl)cc(Cl)c2)ccc1Br. The minimum atomic E-state index is -4.41. The van der Waals surface area contributed by atoms with Gasteiger partial charge in [0.2, 0.25) is 0 Å². The molecule has 0 bridgehead atoms. The largest absolute Gasteiger partial charge is 0.417 e. The molecule has 0 radical (unpaired) electrons. The van der Waals surface area contributed by atoms with Crippen molar-refractivity contribution in [3.8, 4) is 0 Å². The lowest BCUT2D eigenvalue weighted by Gasteiger charge is -2.13. The fourth-order valence-corrected chi connectivity index (χ4v) is 2.81. The first-order valence-electron chi connectivity index (χ1n) is 5.81. The third-order valence-electron chi connectivity index (χ3n) is 2.69. The first-order chi connectivity index (χ1) is 9.75. The highest BCUT2D eigenvalue weighted by molar-refractivity contribution is 9.10. The van der Waals surface area contributed by atoms with Gasteiger partial charge in [-0.3, -0.25) is 0 Å². The molecule has 0 amide bonds. The molecule has 0 aliphatic carbocycles. The summed E-state index contributed by atoms with van der Waals surface area (Å²) in [4.78, 5) is 0. The van der Waals surface area contributed by atoms with Crippen LogP contribution in [0.15, 0.2) is 40.9 Å². The molecule has 0 saturated heterocycles. The molecule has 2 aromatic carbocycles. The van der Waals surface area contributed by atoms with Gasteiger partial charge < -0.3 is 5.32 Å². The second kappa shape index (κ2) is 6.46. The summed E-state index contributed by atoms with van der Waals surface area (Å²) < 4.78 is 38.4. The number of anilines is 1. The predicted octanol–water partition coefficient (Wildman–Crippen LogP) is 6.39. The second-order valence-corrected chi connectivity index (χ2v) is 6.05. The molecule has 0 fully saturated rings. The third kappa shape index (κ3) is 4.53. The Kier molecular flexibility index (Phi) is 5.07. The Balaban J connectivity index is 2.17. The molecule has 0 saturated carbocycles. The van der Waals surface area contributed by atoms with Crippen molar-refractivity contribution in [2.24, 2.45) is 0 Å². The Morgan fingerprint density at radius 2 is 1.62 bits per heavy atom. The minimum Gasteiger partial charge on any atom is -0.381 e.